The zero-order chi connectivity index (χ0) is 12.0. The van der Waals surface area contributed by atoms with Crippen LogP contribution < -0.4 is 5.32 Å². The number of hydrogen-bond donors (Lipinski definition) is 2. The van der Waals surface area contributed by atoms with E-state index in [2.05, 4.69) is 19.2 Å². The predicted molar refractivity (Wildman–Crippen MR) is 68.5 cm³/mol. The van der Waals surface area contributed by atoms with Crippen LogP contribution in [0.4, 0.5) is 0 Å². The number of aryl methyl sites for hydroxylation is 1. The molecule has 16 heavy (non-hydrogen) atoms. The van der Waals surface area contributed by atoms with Crippen LogP contribution in [-0.2, 0) is 0 Å². The third-order valence-electron chi connectivity index (χ3n) is 2.95. The summed E-state index contributed by atoms with van der Waals surface area (Å²) in [5.41, 5.74) is 2.19. The lowest BCUT2D eigenvalue weighted by Gasteiger charge is -2.15. The number of aliphatic hydroxyl groups excluding tert-OH is 1. The Kier molecular flexibility index (Phi) is 5.50. The number of aliphatic hydroxyl groups is 1. The predicted octanol–water partition coefficient (Wildman–Crippen LogP) is 2.66. The van der Waals surface area contributed by atoms with Gasteiger partial charge in [-0.25, -0.2) is 0 Å². The first-order chi connectivity index (χ1) is 7.63. The third kappa shape index (κ3) is 4.33. The monoisotopic (exact) mass is 221 g/mol. The van der Waals surface area contributed by atoms with Gasteiger partial charge in [-0.15, -0.1) is 0 Å². The van der Waals surface area contributed by atoms with E-state index >= 15 is 0 Å². The minimum absolute atomic E-state index is 0.399. The van der Waals surface area contributed by atoms with Crippen LogP contribution in [0, 0.1) is 12.8 Å². The van der Waals surface area contributed by atoms with Crippen LogP contribution in [0.5, 0.6) is 0 Å². The van der Waals surface area contributed by atoms with Gasteiger partial charge in [-0.1, -0.05) is 50.1 Å². The average molecular weight is 221 g/mol. The maximum atomic E-state index is 9.97. The summed E-state index contributed by atoms with van der Waals surface area (Å²) < 4.78 is 0. The Morgan fingerprint density at radius 3 is 2.69 bits per heavy atom. The van der Waals surface area contributed by atoms with Crippen molar-refractivity contribution in [2.75, 3.05) is 13.1 Å². The summed E-state index contributed by atoms with van der Waals surface area (Å²) in [5.74, 6) is 0.671. The minimum atomic E-state index is -0.399. The van der Waals surface area contributed by atoms with Gasteiger partial charge in [0.15, 0.2) is 0 Å². The Labute approximate surface area is 98.7 Å². The summed E-state index contributed by atoms with van der Waals surface area (Å²) in [5, 5.41) is 13.3. The van der Waals surface area contributed by atoms with Crippen LogP contribution in [0.25, 0.3) is 0 Å². The molecule has 0 fully saturated rings. The number of nitrogens with one attached hydrogen (secondary N) is 1. The van der Waals surface area contributed by atoms with E-state index in [9.17, 15) is 5.11 Å². The molecule has 2 nitrogen and oxygen atoms in total. The van der Waals surface area contributed by atoms with Gasteiger partial charge in [-0.2, -0.15) is 0 Å². The summed E-state index contributed by atoms with van der Waals surface area (Å²) in [7, 11) is 0. The van der Waals surface area contributed by atoms with Gasteiger partial charge in [0.05, 0.1) is 6.10 Å². The van der Waals surface area contributed by atoms with Gasteiger partial charge in [0, 0.05) is 6.54 Å². The van der Waals surface area contributed by atoms with E-state index in [4.69, 9.17) is 0 Å². The van der Waals surface area contributed by atoms with Crippen molar-refractivity contribution in [3.05, 3.63) is 35.4 Å². The highest BCUT2D eigenvalue weighted by Crippen LogP contribution is 2.13. The van der Waals surface area contributed by atoms with Crippen LogP contribution in [-0.4, -0.2) is 18.2 Å². The van der Waals surface area contributed by atoms with Crippen molar-refractivity contribution in [2.24, 2.45) is 5.92 Å². The highest BCUT2D eigenvalue weighted by atomic mass is 16.3. The number of hydrogen-bond acceptors (Lipinski definition) is 2. The molecule has 0 aliphatic rings. The molecule has 0 radical (unpaired) electrons. The van der Waals surface area contributed by atoms with E-state index in [1.807, 2.05) is 31.2 Å². The van der Waals surface area contributed by atoms with Gasteiger partial charge in [0.1, 0.15) is 0 Å². The smallest absolute Gasteiger partial charge is 0.0914 e. The summed E-state index contributed by atoms with van der Waals surface area (Å²) >= 11 is 0. The van der Waals surface area contributed by atoms with Gasteiger partial charge in [0.25, 0.3) is 0 Å². The van der Waals surface area contributed by atoms with Crippen molar-refractivity contribution >= 4 is 0 Å². The molecule has 2 N–H and O–H groups in total. The molecule has 2 unspecified atom stereocenters. The molecule has 0 saturated heterocycles. The van der Waals surface area contributed by atoms with Gasteiger partial charge >= 0.3 is 0 Å². The van der Waals surface area contributed by atoms with E-state index < -0.39 is 6.10 Å². The van der Waals surface area contributed by atoms with Crippen molar-refractivity contribution in [1.82, 2.24) is 5.32 Å². The van der Waals surface area contributed by atoms with Crippen molar-refractivity contribution in [3.8, 4) is 0 Å². The quantitative estimate of drug-likeness (QED) is 0.774. The zero-order valence-electron chi connectivity index (χ0n) is 10.5. The number of benzene rings is 1. The molecule has 90 valence electrons. The topological polar surface area (TPSA) is 32.3 Å². The maximum Gasteiger partial charge on any atom is 0.0914 e. The fraction of sp³-hybridized carbons (Fsp3) is 0.571. The summed E-state index contributed by atoms with van der Waals surface area (Å²) in [6.45, 7) is 8.05. The number of rotatable bonds is 6. The second kappa shape index (κ2) is 6.66. The Morgan fingerprint density at radius 2 is 2.06 bits per heavy atom. The molecule has 1 rings (SSSR count). The zero-order valence-corrected chi connectivity index (χ0v) is 10.5. The van der Waals surface area contributed by atoms with E-state index in [-0.39, 0.29) is 0 Å². The van der Waals surface area contributed by atoms with Crippen molar-refractivity contribution in [1.29, 1.82) is 0 Å². The van der Waals surface area contributed by atoms with Crippen molar-refractivity contribution in [3.63, 3.8) is 0 Å². The maximum absolute atomic E-state index is 9.97. The Hall–Kier alpha value is -0.860. The first-order valence-electron chi connectivity index (χ1n) is 6.08. The van der Waals surface area contributed by atoms with Crippen molar-refractivity contribution in [2.45, 2.75) is 33.3 Å². The molecule has 0 bridgehead atoms. The fourth-order valence-electron chi connectivity index (χ4n) is 1.61. The molecule has 1 aromatic carbocycles. The molecule has 0 heterocycles. The lowest BCUT2D eigenvalue weighted by atomic mass is 10.1. The fourth-order valence-corrected chi connectivity index (χ4v) is 1.61. The first kappa shape index (κ1) is 13.2. The molecule has 1 aromatic rings. The van der Waals surface area contributed by atoms with Crippen LogP contribution in [0.1, 0.15) is 37.5 Å². The van der Waals surface area contributed by atoms with E-state index in [1.54, 1.807) is 0 Å². The highest BCUT2D eigenvalue weighted by molar-refractivity contribution is 5.24. The van der Waals surface area contributed by atoms with Crippen LogP contribution in [0.2, 0.25) is 0 Å². The van der Waals surface area contributed by atoms with E-state index in [0.717, 1.165) is 12.1 Å². The normalized spacial score (nSPS) is 14.8. The minimum Gasteiger partial charge on any atom is -0.387 e. The summed E-state index contributed by atoms with van der Waals surface area (Å²) in [4.78, 5) is 0. The largest absolute Gasteiger partial charge is 0.387 e. The van der Waals surface area contributed by atoms with E-state index in [0.29, 0.717) is 12.5 Å². The second-order valence-corrected chi connectivity index (χ2v) is 4.60. The molecule has 2 heteroatoms. The summed E-state index contributed by atoms with van der Waals surface area (Å²) in [6.07, 6.45) is 0.775. The molecule has 0 aliphatic carbocycles. The van der Waals surface area contributed by atoms with Crippen LogP contribution in [0.3, 0.4) is 0 Å². The molecule has 2 atom stereocenters. The van der Waals surface area contributed by atoms with Gasteiger partial charge < -0.3 is 10.4 Å². The van der Waals surface area contributed by atoms with Crippen LogP contribution in [0.15, 0.2) is 24.3 Å². The molecule has 0 saturated carbocycles. The van der Waals surface area contributed by atoms with E-state index in [1.165, 1.54) is 12.0 Å². The lowest BCUT2D eigenvalue weighted by molar-refractivity contribution is 0.173. The second-order valence-electron chi connectivity index (χ2n) is 4.60. The SMILES string of the molecule is CCC(C)CNCC(O)c1cccc(C)c1. The molecular formula is C14H23NO. The highest BCUT2D eigenvalue weighted by Gasteiger charge is 2.07. The van der Waals surface area contributed by atoms with Crippen molar-refractivity contribution < 1.29 is 5.11 Å². The average Bonchev–Trinajstić information content (AvgIpc) is 2.28. The molecule has 0 aromatic heterocycles. The lowest BCUT2D eigenvalue weighted by Crippen LogP contribution is -2.26. The van der Waals surface area contributed by atoms with Gasteiger partial charge in [-0.3, -0.25) is 0 Å². The third-order valence-corrected chi connectivity index (χ3v) is 2.95. The van der Waals surface area contributed by atoms with Gasteiger partial charge in [0.2, 0.25) is 0 Å². The molecule has 0 aliphatic heterocycles. The Morgan fingerprint density at radius 1 is 1.31 bits per heavy atom. The molecule has 0 spiro atoms. The van der Waals surface area contributed by atoms with Crippen LogP contribution >= 0.6 is 0 Å². The molecule has 0 amide bonds. The Bertz CT molecular complexity index is 311. The Balaban J connectivity index is 2.38. The summed E-state index contributed by atoms with van der Waals surface area (Å²) in [6, 6.07) is 8.05. The standard InChI is InChI=1S/C14H23NO/c1-4-11(2)9-15-10-14(16)13-7-5-6-12(3)8-13/h5-8,11,14-16H,4,9-10H2,1-3H3. The first-order valence-corrected chi connectivity index (χ1v) is 6.08. The van der Waals surface area contributed by atoms with Gasteiger partial charge in [-0.05, 0) is 24.9 Å². The molecular weight excluding hydrogens is 198 g/mol.